The normalized spacial score (nSPS) is 9.00. The molecular weight excluding hydrogens is 122 g/mol. The van der Waals surface area contributed by atoms with Crippen molar-refractivity contribution in [1.82, 2.24) is 0 Å². The molecule has 0 amide bonds. The SMILES string of the molecule is CCCCCCCCN.[CH3]. The van der Waals surface area contributed by atoms with Gasteiger partial charge in [-0.2, -0.15) is 0 Å². The highest BCUT2D eigenvalue weighted by Gasteiger charge is 1.85. The summed E-state index contributed by atoms with van der Waals surface area (Å²) in [5.74, 6) is 0. The maximum atomic E-state index is 5.34. The van der Waals surface area contributed by atoms with E-state index in [-0.39, 0.29) is 7.43 Å². The summed E-state index contributed by atoms with van der Waals surface area (Å²) < 4.78 is 0. The topological polar surface area (TPSA) is 26.0 Å². The Bertz CT molecular complexity index is 38.0. The number of hydrogen-bond donors (Lipinski definition) is 1. The molecule has 0 spiro atoms. The minimum Gasteiger partial charge on any atom is -0.330 e. The summed E-state index contributed by atoms with van der Waals surface area (Å²) in [5.41, 5.74) is 5.34. The van der Waals surface area contributed by atoms with Gasteiger partial charge in [0.1, 0.15) is 0 Å². The second kappa shape index (κ2) is 11.7. The molecule has 0 saturated heterocycles. The third kappa shape index (κ3) is 10.9. The van der Waals surface area contributed by atoms with E-state index in [1.165, 1.54) is 38.5 Å². The van der Waals surface area contributed by atoms with Crippen molar-refractivity contribution in [2.24, 2.45) is 5.73 Å². The van der Waals surface area contributed by atoms with Gasteiger partial charge in [0.05, 0.1) is 0 Å². The molecule has 0 aromatic heterocycles. The average Bonchev–Trinajstić information content (AvgIpc) is 1.89. The van der Waals surface area contributed by atoms with E-state index < -0.39 is 0 Å². The van der Waals surface area contributed by atoms with Crippen LogP contribution in [0.3, 0.4) is 0 Å². The van der Waals surface area contributed by atoms with E-state index in [0.717, 1.165) is 6.54 Å². The smallest absolute Gasteiger partial charge is 0.00773 e. The standard InChI is InChI=1S/C8H19N.CH3/c1-2-3-4-5-6-7-8-9;/h2-9H2,1H3;1H3. The van der Waals surface area contributed by atoms with Gasteiger partial charge in [-0.05, 0) is 13.0 Å². The van der Waals surface area contributed by atoms with Gasteiger partial charge in [-0.15, -0.1) is 0 Å². The van der Waals surface area contributed by atoms with Gasteiger partial charge in [0.25, 0.3) is 0 Å². The van der Waals surface area contributed by atoms with Gasteiger partial charge in [0.2, 0.25) is 0 Å². The van der Waals surface area contributed by atoms with Crippen LogP contribution in [0.25, 0.3) is 0 Å². The molecule has 1 heteroatoms. The number of unbranched alkanes of at least 4 members (excludes halogenated alkanes) is 5. The molecule has 0 heterocycles. The minimum atomic E-state index is 0. The van der Waals surface area contributed by atoms with Crippen LogP contribution >= 0.6 is 0 Å². The molecule has 0 aliphatic rings. The van der Waals surface area contributed by atoms with Crippen LogP contribution in [-0.2, 0) is 0 Å². The van der Waals surface area contributed by atoms with Crippen LogP contribution in [0.5, 0.6) is 0 Å². The molecule has 10 heavy (non-hydrogen) atoms. The van der Waals surface area contributed by atoms with Crippen molar-refractivity contribution in [3.63, 3.8) is 0 Å². The third-order valence-electron chi connectivity index (χ3n) is 1.56. The minimum absolute atomic E-state index is 0. The van der Waals surface area contributed by atoms with Gasteiger partial charge >= 0.3 is 0 Å². The fraction of sp³-hybridized carbons (Fsp3) is 0.889. The van der Waals surface area contributed by atoms with E-state index in [4.69, 9.17) is 5.73 Å². The third-order valence-corrected chi connectivity index (χ3v) is 1.56. The first-order chi connectivity index (χ1) is 4.41. The van der Waals surface area contributed by atoms with Crippen molar-refractivity contribution in [3.05, 3.63) is 7.43 Å². The second-order valence-electron chi connectivity index (χ2n) is 2.56. The van der Waals surface area contributed by atoms with Crippen LogP contribution in [0, 0.1) is 7.43 Å². The Morgan fingerprint density at radius 3 is 1.90 bits per heavy atom. The molecule has 0 atom stereocenters. The summed E-state index contributed by atoms with van der Waals surface area (Å²) in [6.07, 6.45) is 8.05. The van der Waals surface area contributed by atoms with Gasteiger partial charge in [0, 0.05) is 0 Å². The van der Waals surface area contributed by atoms with Gasteiger partial charge in [-0.25, -0.2) is 0 Å². The Hall–Kier alpha value is -0.0400. The monoisotopic (exact) mass is 144 g/mol. The van der Waals surface area contributed by atoms with E-state index in [0.29, 0.717) is 0 Å². The fourth-order valence-electron chi connectivity index (χ4n) is 0.925. The van der Waals surface area contributed by atoms with E-state index in [9.17, 15) is 0 Å². The second-order valence-corrected chi connectivity index (χ2v) is 2.56. The van der Waals surface area contributed by atoms with E-state index >= 15 is 0 Å². The summed E-state index contributed by atoms with van der Waals surface area (Å²) in [5, 5.41) is 0. The number of nitrogens with two attached hydrogens (primary N) is 1. The number of hydrogen-bond acceptors (Lipinski definition) is 1. The Balaban J connectivity index is 0. The Labute approximate surface area is 66.0 Å². The van der Waals surface area contributed by atoms with Gasteiger partial charge in [-0.3, -0.25) is 0 Å². The molecule has 2 N–H and O–H groups in total. The van der Waals surface area contributed by atoms with E-state index in [2.05, 4.69) is 6.92 Å². The van der Waals surface area contributed by atoms with Crippen LogP contribution in [0.15, 0.2) is 0 Å². The highest BCUT2D eigenvalue weighted by molar-refractivity contribution is 4.43. The predicted molar refractivity (Wildman–Crippen MR) is 48.8 cm³/mol. The molecule has 63 valence electrons. The molecule has 0 aliphatic heterocycles. The summed E-state index contributed by atoms with van der Waals surface area (Å²) in [6.45, 7) is 3.11. The Morgan fingerprint density at radius 1 is 0.900 bits per heavy atom. The first-order valence-electron chi connectivity index (χ1n) is 4.12. The van der Waals surface area contributed by atoms with E-state index in [1.54, 1.807) is 0 Å². The summed E-state index contributed by atoms with van der Waals surface area (Å²) >= 11 is 0. The first-order valence-corrected chi connectivity index (χ1v) is 4.12. The highest BCUT2D eigenvalue weighted by atomic mass is 14.5. The van der Waals surface area contributed by atoms with Crippen LogP contribution in [0.1, 0.15) is 45.4 Å². The van der Waals surface area contributed by atoms with Crippen molar-refractivity contribution in [2.45, 2.75) is 45.4 Å². The number of rotatable bonds is 6. The zero-order valence-electron chi connectivity index (χ0n) is 7.53. The molecule has 0 rings (SSSR count). The maximum Gasteiger partial charge on any atom is -0.00773 e. The lowest BCUT2D eigenvalue weighted by Crippen LogP contribution is -1.97. The van der Waals surface area contributed by atoms with Crippen molar-refractivity contribution in [2.75, 3.05) is 6.54 Å². The van der Waals surface area contributed by atoms with Gasteiger partial charge < -0.3 is 5.73 Å². The quantitative estimate of drug-likeness (QED) is 0.570. The molecular formula is C9H22N. The lowest BCUT2D eigenvalue weighted by molar-refractivity contribution is 0.612. The van der Waals surface area contributed by atoms with Crippen LogP contribution in [0.4, 0.5) is 0 Å². The summed E-state index contributed by atoms with van der Waals surface area (Å²) in [6, 6.07) is 0. The van der Waals surface area contributed by atoms with Gasteiger partial charge in [-0.1, -0.05) is 46.5 Å². The van der Waals surface area contributed by atoms with E-state index in [1.807, 2.05) is 0 Å². The van der Waals surface area contributed by atoms with Crippen LogP contribution in [-0.4, -0.2) is 6.54 Å². The van der Waals surface area contributed by atoms with Crippen LogP contribution < -0.4 is 5.73 Å². The predicted octanol–water partition coefficient (Wildman–Crippen LogP) is 2.76. The molecule has 0 aliphatic carbocycles. The average molecular weight is 144 g/mol. The molecule has 1 nitrogen and oxygen atoms in total. The van der Waals surface area contributed by atoms with Crippen molar-refractivity contribution >= 4 is 0 Å². The maximum absolute atomic E-state index is 5.34. The van der Waals surface area contributed by atoms with Crippen molar-refractivity contribution in [3.8, 4) is 0 Å². The lowest BCUT2D eigenvalue weighted by atomic mass is 10.1. The summed E-state index contributed by atoms with van der Waals surface area (Å²) in [7, 11) is 0. The molecule has 0 fully saturated rings. The van der Waals surface area contributed by atoms with Crippen molar-refractivity contribution < 1.29 is 0 Å². The molecule has 0 saturated carbocycles. The molecule has 0 bridgehead atoms. The zero-order valence-corrected chi connectivity index (χ0v) is 7.53. The molecule has 0 aromatic carbocycles. The molecule has 0 aromatic rings. The molecule has 1 radical (unpaired) electrons. The molecule has 0 unspecified atom stereocenters. The Morgan fingerprint density at radius 2 is 1.40 bits per heavy atom. The summed E-state index contributed by atoms with van der Waals surface area (Å²) in [4.78, 5) is 0. The van der Waals surface area contributed by atoms with Crippen LogP contribution in [0.2, 0.25) is 0 Å². The largest absolute Gasteiger partial charge is 0.330 e. The highest BCUT2D eigenvalue weighted by Crippen LogP contribution is 2.03. The zero-order chi connectivity index (χ0) is 6.95. The lowest BCUT2D eigenvalue weighted by Gasteiger charge is -1.96. The Kier molecular flexibility index (Phi) is 14.8. The van der Waals surface area contributed by atoms with Crippen molar-refractivity contribution in [1.29, 1.82) is 0 Å². The fourth-order valence-corrected chi connectivity index (χ4v) is 0.925. The first kappa shape index (κ1) is 12.6. The van der Waals surface area contributed by atoms with Gasteiger partial charge in [0.15, 0.2) is 0 Å².